The number of hydrogen-bond acceptors (Lipinski definition) is 4. The van der Waals surface area contributed by atoms with Gasteiger partial charge in [-0.3, -0.25) is 9.78 Å². The number of fused-ring (bicyclic) bond motifs is 1. The van der Waals surface area contributed by atoms with Gasteiger partial charge in [-0.15, -0.1) is 0 Å². The first kappa shape index (κ1) is 14.3. The van der Waals surface area contributed by atoms with Gasteiger partial charge in [-0.1, -0.05) is 6.07 Å². The second-order valence-corrected chi connectivity index (χ2v) is 5.09. The molecule has 3 rings (SSSR count). The third-order valence-corrected chi connectivity index (χ3v) is 3.67. The molecule has 0 atom stereocenters. The molecule has 2 aromatic rings. The Balaban J connectivity index is 1.75. The van der Waals surface area contributed by atoms with E-state index in [0.717, 1.165) is 30.7 Å². The summed E-state index contributed by atoms with van der Waals surface area (Å²) in [5, 5.41) is 4.27. The van der Waals surface area contributed by atoms with Crippen LogP contribution in [-0.4, -0.2) is 23.7 Å². The molecule has 1 aliphatic rings. The monoisotopic (exact) mass is 295 g/mol. The summed E-state index contributed by atoms with van der Waals surface area (Å²) in [5.41, 5.74) is 6.07. The third-order valence-electron chi connectivity index (χ3n) is 3.67. The predicted molar refractivity (Wildman–Crippen MR) is 84.2 cm³/mol. The van der Waals surface area contributed by atoms with Gasteiger partial charge in [0.15, 0.2) is 0 Å². The van der Waals surface area contributed by atoms with Gasteiger partial charge in [-0.2, -0.15) is 5.10 Å². The Morgan fingerprint density at radius 3 is 2.82 bits per heavy atom. The summed E-state index contributed by atoms with van der Waals surface area (Å²) in [5.74, 6) is 0.478. The zero-order valence-corrected chi connectivity index (χ0v) is 12.4. The van der Waals surface area contributed by atoms with Gasteiger partial charge in [0.1, 0.15) is 5.75 Å². The van der Waals surface area contributed by atoms with Crippen molar-refractivity contribution >= 4 is 11.6 Å². The summed E-state index contributed by atoms with van der Waals surface area (Å²) in [4.78, 5) is 16.5. The lowest BCUT2D eigenvalue weighted by atomic mass is 9.95. The first-order valence-electron chi connectivity index (χ1n) is 7.23. The Morgan fingerprint density at radius 1 is 1.23 bits per heavy atom. The lowest BCUT2D eigenvalue weighted by Gasteiger charge is -2.16. The van der Waals surface area contributed by atoms with Gasteiger partial charge in [-0.25, -0.2) is 5.43 Å². The molecule has 5 nitrogen and oxygen atoms in total. The van der Waals surface area contributed by atoms with Crippen molar-refractivity contribution in [1.82, 2.24) is 10.4 Å². The zero-order chi connectivity index (χ0) is 15.4. The van der Waals surface area contributed by atoms with E-state index in [1.54, 1.807) is 37.6 Å². The summed E-state index contributed by atoms with van der Waals surface area (Å²) in [6, 6.07) is 10.9. The molecule has 5 heteroatoms. The van der Waals surface area contributed by atoms with Crippen LogP contribution in [0, 0.1) is 0 Å². The van der Waals surface area contributed by atoms with Crippen molar-refractivity contribution in [2.75, 3.05) is 7.11 Å². The van der Waals surface area contributed by atoms with Gasteiger partial charge < -0.3 is 4.74 Å². The number of aromatic nitrogens is 1. The number of methoxy groups -OCH3 is 1. The van der Waals surface area contributed by atoms with Crippen LogP contribution in [0.1, 0.15) is 34.5 Å². The fourth-order valence-electron chi connectivity index (χ4n) is 2.50. The molecule has 1 heterocycles. The molecule has 1 aliphatic carbocycles. The number of aryl methyl sites for hydroxylation is 1. The van der Waals surface area contributed by atoms with Crippen molar-refractivity contribution in [3.8, 4) is 5.75 Å². The smallest absolute Gasteiger partial charge is 0.271 e. The van der Waals surface area contributed by atoms with E-state index in [0.29, 0.717) is 11.3 Å². The van der Waals surface area contributed by atoms with Crippen LogP contribution < -0.4 is 10.2 Å². The Hall–Kier alpha value is -2.69. The number of nitrogens with one attached hydrogen (secondary N) is 1. The average Bonchev–Trinajstić information content (AvgIpc) is 2.59. The number of carbonyl (C=O) groups excluding carboxylic acids is 1. The summed E-state index contributed by atoms with van der Waals surface area (Å²) < 4.78 is 5.08. The van der Waals surface area contributed by atoms with Gasteiger partial charge in [0.25, 0.3) is 5.91 Å². The molecule has 0 spiro atoms. The van der Waals surface area contributed by atoms with Crippen LogP contribution in [0.15, 0.2) is 47.7 Å². The molecule has 1 aromatic heterocycles. The molecule has 112 valence electrons. The van der Waals surface area contributed by atoms with Gasteiger partial charge in [0.05, 0.1) is 18.5 Å². The van der Waals surface area contributed by atoms with E-state index in [-0.39, 0.29) is 5.91 Å². The number of nitrogens with zero attached hydrogens (tertiary/aromatic N) is 2. The SMILES string of the molecule is COc1ccc(C(=O)N/N=C2\CCCc3cccnc32)cc1. The number of carbonyl (C=O) groups is 1. The first-order chi connectivity index (χ1) is 10.8. The molecule has 22 heavy (non-hydrogen) atoms. The molecule has 0 bridgehead atoms. The normalized spacial score (nSPS) is 15.2. The van der Waals surface area contributed by atoms with E-state index in [2.05, 4.69) is 21.6 Å². The molecule has 0 fully saturated rings. The maximum Gasteiger partial charge on any atom is 0.271 e. The Kier molecular flexibility index (Phi) is 4.14. The van der Waals surface area contributed by atoms with Crippen LogP contribution in [-0.2, 0) is 6.42 Å². The van der Waals surface area contributed by atoms with E-state index < -0.39 is 0 Å². The molecule has 0 radical (unpaired) electrons. The van der Waals surface area contributed by atoms with E-state index in [1.807, 2.05) is 6.07 Å². The highest BCUT2D eigenvalue weighted by Gasteiger charge is 2.16. The van der Waals surface area contributed by atoms with Crippen LogP contribution in [0.25, 0.3) is 0 Å². The summed E-state index contributed by atoms with van der Waals surface area (Å²) in [7, 11) is 1.59. The molecule has 0 saturated carbocycles. The van der Waals surface area contributed by atoms with Crippen LogP contribution in [0.3, 0.4) is 0 Å². The maximum atomic E-state index is 12.1. The summed E-state index contributed by atoms with van der Waals surface area (Å²) in [6.45, 7) is 0. The van der Waals surface area contributed by atoms with Crippen LogP contribution >= 0.6 is 0 Å². The van der Waals surface area contributed by atoms with Crippen LogP contribution in [0.5, 0.6) is 5.75 Å². The molecule has 0 saturated heterocycles. The number of hydrazone groups is 1. The highest BCUT2D eigenvalue weighted by molar-refractivity contribution is 6.02. The van der Waals surface area contributed by atoms with Crippen LogP contribution in [0.4, 0.5) is 0 Å². The van der Waals surface area contributed by atoms with Gasteiger partial charge >= 0.3 is 0 Å². The quantitative estimate of drug-likeness (QED) is 0.885. The third kappa shape index (κ3) is 2.98. The van der Waals surface area contributed by atoms with E-state index >= 15 is 0 Å². The fraction of sp³-hybridized carbons (Fsp3) is 0.235. The Bertz CT molecular complexity index is 708. The predicted octanol–water partition coefficient (Wildman–Crippen LogP) is 2.56. The first-order valence-corrected chi connectivity index (χ1v) is 7.23. The highest BCUT2D eigenvalue weighted by Crippen LogP contribution is 2.19. The van der Waals surface area contributed by atoms with Crippen molar-refractivity contribution in [3.05, 3.63) is 59.4 Å². The van der Waals surface area contributed by atoms with Crippen molar-refractivity contribution in [3.63, 3.8) is 0 Å². The second kappa shape index (κ2) is 6.39. The molecule has 0 aliphatic heterocycles. The van der Waals surface area contributed by atoms with Gasteiger partial charge in [0.2, 0.25) is 0 Å². The van der Waals surface area contributed by atoms with E-state index in [1.165, 1.54) is 5.56 Å². The minimum atomic E-state index is -0.238. The lowest BCUT2D eigenvalue weighted by Crippen LogP contribution is -2.22. The molecule has 0 unspecified atom stereocenters. The van der Waals surface area contributed by atoms with Crippen LogP contribution in [0.2, 0.25) is 0 Å². The second-order valence-electron chi connectivity index (χ2n) is 5.09. The number of amides is 1. The molecule has 1 amide bonds. The minimum Gasteiger partial charge on any atom is -0.497 e. The minimum absolute atomic E-state index is 0.238. The molecular formula is C17H17N3O2. The topological polar surface area (TPSA) is 63.6 Å². The molecular weight excluding hydrogens is 278 g/mol. The van der Waals surface area contributed by atoms with Gasteiger partial charge in [0, 0.05) is 11.8 Å². The van der Waals surface area contributed by atoms with E-state index in [9.17, 15) is 4.79 Å². The molecule has 1 N–H and O–H groups in total. The number of pyridine rings is 1. The Labute approximate surface area is 129 Å². The number of rotatable bonds is 3. The zero-order valence-electron chi connectivity index (χ0n) is 12.4. The van der Waals surface area contributed by atoms with Crippen molar-refractivity contribution in [1.29, 1.82) is 0 Å². The van der Waals surface area contributed by atoms with Crippen molar-refractivity contribution < 1.29 is 9.53 Å². The lowest BCUT2D eigenvalue weighted by molar-refractivity contribution is 0.0954. The fourth-order valence-corrected chi connectivity index (χ4v) is 2.50. The highest BCUT2D eigenvalue weighted by atomic mass is 16.5. The largest absolute Gasteiger partial charge is 0.497 e. The summed E-state index contributed by atoms with van der Waals surface area (Å²) >= 11 is 0. The summed E-state index contributed by atoms with van der Waals surface area (Å²) in [6.07, 6.45) is 4.61. The molecule has 1 aromatic carbocycles. The van der Waals surface area contributed by atoms with E-state index in [4.69, 9.17) is 4.74 Å². The average molecular weight is 295 g/mol. The van der Waals surface area contributed by atoms with Crippen molar-refractivity contribution in [2.24, 2.45) is 5.10 Å². The van der Waals surface area contributed by atoms with Gasteiger partial charge in [-0.05, 0) is 55.2 Å². The number of hydrogen-bond donors (Lipinski definition) is 1. The van der Waals surface area contributed by atoms with Crippen molar-refractivity contribution in [2.45, 2.75) is 19.3 Å². The number of ether oxygens (including phenoxy) is 1. The maximum absolute atomic E-state index is 12.1. The number of benzene rings is 1. The standard InChI is InChI=1S/C17H17N3O2/c1-22-14-9-7-13(8-10-14)17(21)20-19-15-6-2-4-12-5-3-11-18-16(12)15/h3,5,7-11H,2,4,6H2,1H3,(H,20,21)/b19-15+. The Morgan fingerprint density at radius 2 is 2.05 bits per heavy atom.